The largest absolute Gasteiger partial charge is 0.342 e. The molecule has 20 heavy (non-hydrogen) atoms. The minimum Gasteiger partial charge on any atom is -0.342 e. The lowest BCUT2D eigenvalue weighted by Crippen LogP contribution is -2.43. The third-order valence-electron chi connectivity index (χ3n) is 3.91. The molecule has 0 bridgehead atoms. The Morgan fingerprint density at radius 3 is 2.30 bits per heavy atom. The molecular formula is C17H26N2O. The van der Waals surface area contributed by atoms with Crippen LogP contribution in [0, 0.1) is 5.92 Å². The van der Waals surface area contributed by atoms with Crippen molar-refractivity contribution in [3.8, 4) is 0 Å². The van der Waals surface area contributed by atoms with E-state index in [-0.39, 0.29) is 11.9 Å². The fourth-order valence-corrected chi connectivity index (χ4v) is 2.70. The minimum atomic E-state index is 0.230. The highest BCUT2D eigenvalue weighted by atomic mass is 16.2. The lowest BCUT2D eigenvalue weighted by molar-refractivity contribution is -0.131. The number of benzene rings is 1. The first-order chi connectivity index (χ1) is 9.54. The van der Waals surface area contributed by atoms with Crippen LogP contribution in [0.15, 0.2) is 24.3 Å². The number of rotatable bonds is 4. The molecule has 2 N–H and O–H groups in total. The van der Waals surface area contributed by atoms with Crippen molar-refractivity contribution in [1.29, 1.82) is 0 Å². The normalized spacial score (nSPS) is 16.7. The Bertz CT molecular complexity index is 431. The van der Waals surface area contributed by atoms with E-state index in [0.717, 1.165) is 37.9 Å². The number of nitrogens with zero attached hydrogens (tertiary/aromatic N) is 1. The molecule has 0 atom stereocenters. The highest BCUT2D eigenvalue weighted by molar-refractivity contribution is 5.78. The molecule has 3 nitrogen and oxygen atoms in total. The van der Waals surface area contributed by atoms with Gasteiger partial charge in [0, 0.05) is 19.1 Å². The second-order valence-corrected chi connectivity index (χ2v) is 6.31. The molecule has 1 aliphatic rings. The van der Waals surface area contributed by atoms with Crippen LogP contribution < -0.4 is 5.73 Å². The molecule has 1 fully saturated rings. The number of piperidine rings is 1. The van der Waals surface area contributed by atoms with Crippen LogP contribution in [0.4, 0.5) is 0 Å². The van der Waals surface area contributed by atoms with E-state index in [9.17, 15) is 4.79 Å². The standard InChI is InChI=1S/C17H26N2O/c1-13(2)11-14-3-5-15(6-4-14)12-17(20)19-9-7-16(18)8-10-19/h3-6,13,16H,7-12,18H2,1-2H3. The SMILES string of the molecule is CC(C)Cc1ccc(CC(=O)N2CCC(N)CC2)cc1. The lowest BCUT2D eigenvalue weighted by atomic mass is 10.0. The molecule has 0 aliphatic carbocycles. The molecule has 2 rings (SSSR count). The highest BCUT2D eigenvalue weighted by Gasteiger charge is 2.20. The number of carbonyl (C=O) groups excluding carboxylic acids is 1. The first-order valence-electron chi connectivity index (χ1n) is 7.65. The molecule has 1 aromatic rings. The second-order valence-electron chi connectivity index (χ2n) is 6.31. The van der Waals surface area contributed by atoms with Gasteiger partial charge in [-0.1, -0.05) is 38.1 Å². The molecule has 1 aromatic carbocycles. The fourth-order valence-electron chi connectivity index (χ4n) is 2.70. The van der Waals surface area contributed by atoms with Crippen LogP contribution in [0.1, 0.15) is 37.8 Å². The van der Waals surface area contributed by atoms with Gasteiger partial charge in [0.15, 0.2) is 0 Å². The van der Waals surface area contributed by atoms with E-state index in [1.165, 1.54) is 5.56 Å². The van der Waals surface area contributed by atoms with Gasteiger partial charge in [-0.05, 0) is 36.3 Å². The number of amides is 1. The summed E-state index contributed by atoms with van der Waals surface area (Å²) in [6.07, 6.45) is 3.47. The topological polar surface area (TPSA) is 46.3 Å². The quantitative estimate of drug-likeness (QED) is 0.916. The fraction of sp³-hybridized carbons (Fsp3) is 0.588. The van der Waals surface area contributed by atoms with Crippen LogP contribution in [-0.4, -0.2) is 29.9 Å². The third-order valence-corrected chi connectivity index (χ3v) is 3.91. The van der Waals surface area contributed by atoms with Crippen LogP contribution in [0.3, 0.4) is 0 Å². The van der Waals surface area contributed by atoms with Crippen LogP contribution in [-0.2, 0) is 17.6 Å². The molecule has 1 aliphatic heterocycles. The number of hydrogen-bond donors (Lipinski definition) is 1. The summed E-state index contributed by atoms with van der Waals surface area (Å²) in [5, 5.41) is 0. The maximum atomic E-state index is 12.2. The Morgan fingerprint density at radius 1 is 1.20 bits per heavy atom. The summed E-state index contributed by atoms with van der Waals surface area (Å²) >= 11 is 0. The molecule has 1 saturated heterocycles. The van der Waals surface area contributed by atoms with Gasteiger partial charge in [-0.15, -0.1) is 0 Å². The first-order valence-corrected chi connectivity index (χ1v) is 7.65. The zero-order valence-corrected chi connectivity index (χ0v) is 12.6. The van der Waals surface area contributed by atoms with E-state index < -0.39 is 0 Å². The minimum absolute atomic E-state index is 0.230. The number of hydrogen-bond acceptors (Lipinski definition) is 2. The summed E-state index contributed by atoms with van der Waals surface area (Å²) in [4.78, 5) is 14.2. The van der Waals surface area contributed by atoms with Crippen molar-refractivity contribution >= 4 is 5.91 Å². The first kappa shape index (κ1) is 15.0. The zero-order chi connectivity index (χ0) is 14.5. The van der Waals surface area contributed by atoms with Gasteiger partial charge < -0.3 is 10.6 Å². The number of nitrogens with two attached hydrogens (primary N) is 1. The predicted molar refractivity (Wildman–Crippen MR) is 82.5 cm³/mol. The lowest BCUT2D eigenvalue weighted by Gasteiger charge is -2.30. The second kappa shape index (κ2) is 6.89. The Balaban J connectivity index is 1.88. The predicted octanol–water partition coefficient (Wildman–Crippen LogP) is 2.38. The Morgan fingerprint density at radius 2 is 1.75 bits per heavy atom. The molecule has 0 spiro atoms. The Labute approximate surface area is 122 Å². The molecule has 3 heteroatoms. The van der Waals surface area contributed by atoms with Gasteiger partial charge >= 0.3 is 0 Å². The molecule has 1 heterocycles. The van der Waals surface area contributed by atoms with Crippen molar-refractivity contribution in [2.45, 2.75) is 45.6 Å². The van der Waals surface area contributed by atoms with Crippen molar-refractivity contribution in [3.63, 3.8) is 0 Å². The van der Waals surface area contributed by atoms with Crippen LogP contribution in [0.2, 0.25) is 0 Å². The van der Waals surface area contributed by atoms with Gasteiger partial charge in [0.25, 0.3) is 0 Å². The zero-order valence-electron chi connectivity index (χ0n) is 12.6. The molecule has 110 valence electrons. The van der Waals surface area contributed by atoms with Crippen LogP contribution in [0.5, 0.6) is 0 Å². The maximum Gasteiger partial charge on any atom is 0.226 e. The van der Waals surface area contributed by atoms with Crippen LogP contribution in [0.25, 0.3) is 0 Å². The van der Waals surface area contributed by atoms with E-state index in [0.29, 0.717) is 12.3 Å². The van der Waals surface area contributed by atoms with E-state index in [1.807, 2.05) is 4.90 Å². The van der Waals surface area contributed by atoms with Gasteiger partial charge in [0.05, 0.1) is 6.42 Å². The van der Waals surface area contributed by atoms with Crippen LogP contribution >= 0.6 is 0 Å². The van der Waals surface area contributed by atoms with E-state index in [4.69, 9.17) is 5.73 Å². The van der Waals surface area contributed by atoms with Crippen molar-refractivity contribution in [2.24, 2.45) is 11.7 Å². The van der Waals surface area contributed by atoms with E-state index >= 15 is 0 Å². The molecule has 0 radical (unpaired) electrons. The monoisotopic (exact) mass is 274 g/mol. The maximum absolute atomic E-state index is 12.2. The smallest absolute Gasteiger partial charge is 0.226 e. The average Bonchev–Trinajstić information content (AvgIpc) is 2.41. The van der Waals surface area contributed by atoms with Crippen molar-refractivity contribution in [2.75, 3.05) is 13.1 Å². The Hall–Kier alpha value is -1.35. The molecule has 1 amide bonds. The van der Waals surface area contributed by atoms with E-state index in [2.05, 4.69) is 38.1 Å². The molecule has 0 unspecified atom stereocenters. The average molecular weight is 274 g/mol. The summed E-state index contributed by atoms with van der Waals surface area (Å²) in [5.74, 6) is 0.897. The molecule has 0 aromatic heterocycles. The van der Waals surface area contributed by atoms with Gasteiger partial charge in [-0.3, -0.25) is 4.79 Å². The van der Waals surface area contributed by atoms with Gasteiger partial charge in [0.1, 0.15) is 0 Å². The molecular weight excluding hydrogens is 248 g/mol. The third kappa shape index (κ3) is 4.34. The Kier molecular flexibility index (Phi) is 5.18. The summed E-state index contributed by atoms with van der Waals surface area (Å²) < 4.78 is 0. The summed E-state index contributed by atoms with van der Waals surface area (Å²) in [6.45, 7) is 6.06. The molecule has 0 saturated carbocycles. The highest BCUT2D eigenvalue weighted by Crippen LogP contribution is 2.13. The summed E-state index contributed by atoms with van der Waals surface area (Å²) in [5.41, 5.74) is 8.32. The van der Waals surface area contributed by atoms with E-state index in [1.54, 1.807) is 0 Å². The van der Waals surface area contributed by atoms with Crippen molar-refractivity contribution in [3.05, 3.63) is 35.4 Å². The summed E-state index contributed by atoms with van der Waals surface area (Å²) in [6, 6.07) is 8.74. The van der Waals surface area contributed by atoms with Gasteiger partial charge in [-0.25, -0.2) is 0 Å². The van der Waals surface area contributed by atoms with Crippen molar-refractivity contribution in [1.82, 2.24) is 4.90 Å². The van der Waals surface area contributed by atoms with Crippen molar-refractivity contribution < 1.29 is 4.79 Å². The van der Waals surface area contributed by atoms with Gasteiger partial charge in [-0.2, -0.15) is 0 Å². The summed E-state index contributed by atoms with van der Waals surface area (Å²) in [7, 11) is 0. The number of likely N-dealkylation sites (tertiary alicyclic amines) is 1. The number of carbonyl (C=O) groups is 1. The van der Waals surface area contributed by atoms with Gasteiger partial charge in [0.2, 0.25) is 5.91 Å².